The molecule has 206 valence electrons. The Kier molecular flexibility index (Phi) is 12.3. The summed E-state index contributed by atoms with van der Waals surface area (Å²) in [6, 6.07) is 12.8. The zero-order valence-electron chi connectivity index (χ0n) is 22.3. The highest BCUT2D eigenvalue weighted by Crippen LogP contribution is 2.27. The van der Waals surface area contributed by atoms with E-state index < -0.39 is 29.8 Å². The molecule has 0 aliphatic rings. The molecule has 0 saturated carbocycles. The van der Waals surface area contributed by atoms with Gasteiger partial charge in [0.2, 0.25) is 0 Å². The minimum absolute atomic E-state index is 0.0702. The van der Waals surface area contributed by atoms with Crippen LogP contribution in [-0.2, 0) is 11.2 Å². The van der Waals surface area contributed by atoms with Crippen LogP contribution in [0.15, 0.2) is 48.5 Å². The average Bonchev–Trinajstić information content (AvgIpc) is 2.83. The molecule has 0 radical (unpaired) electrons. The van der Waals surface area contributed by atoms with E-state index in [4.69, 9.17) is 20.8 Å². The Morgan fingerprint density at radius 2 is 1.71 bits per heavy atom. The number of nitrogens with one attached hydrogen (secondary N) is 2. The van der Waals surface area contributed by atoms with Gasteiger partial charge in [-0.15, -0.1) is 13.2 Å². The molecule has 0 spiro atoms. The van der Waals surface area contributed by atoms with E-state index in [9.17, 15) is 18.0 Å². The summed E-state index contributed by atoms with van der Waals surface area (Å²) in [5.74, 6) is -0.477. The topological polar surface area (TPSA) is 110 Å². The maximum absolute atomic E-state index is 12.9. The summed E-state index contributed by atoms with van der Waals surface area (Å²) in [6.45, 7) is 11.1. The van der Waals surface area contributed by atoms with Crippen LogP contribution in [-0.4, -0.2) is 45.6 Å². The summed E-state index contributed by atoms with van der Waals surface area (Å²) in [4.78, 5) is 14.3. The van der Waals surface area contributed by atoms with Gasteiger partial charge >= 0.3 is 12.5 Å². The van der Waals surface area contributed by atoms with E-state index in [0.29, 0.717) is 5.56 Å². The van der Waals surface area contributed by atoms with Crippen molar-refractivity contribution in [3.05, 3.63) is 65.2 Å². The van der Waals surface area contributed by atoms with Crippen molar-refractivity contribution in [1.29, 1.82) is 16.1 Å². The van der Waals surface area contributed by atoms with Crippen LogP contribution >= 0.6 is 11.8 Å². The Bertz CT molecular complexity index is 1140. The monoisotopic (exact) mass is 550 g/mol. The normalized spacial score (nSPS) is 11.8. The maximum Gasteiger partial charge on any atom is 0.573 e. The molecule has 11 heteroatoms. The van der Waals surface area contributed by atoms with Crippen LogP contribution in [0.2, 0.25) is 0 Å². The van der Waals surface area contributed by atoms with Gasteiger partial charge < -0.3 is 9.47 Å². The number of ether oxygens (including phenoxy) is 2. The van der Waals surface area contributed by atoms with Crippen LogP contribution < -0.4 is 4.74 Å². The van der Waals surface area contributed by atoms with Gasteiger partial charge in [0.1, 0.15) is 16.4 Å². The molecule has 1 unspecified atom stereocenters. The second kappa shape index (κ2) is 14.4. The number of hydrogen-bond donors (Lipinski definition) is 2. The smallest absolute Gasteiger partial charge is 0.444 e. The molecular formula is C27H33F3N4O3S. The van der Waals surface area contributed by atoms with Crippen LogP contribution in [0.5, 0.6) is 5.75 Å². The lowest BCUT2D eigenvalue weighted by Crippen LogP contribution is -2.47. The summed E-state index contributed by atoms with van der Waals surface area (Å²) >= 11 is 0.721. The molecule has 0 aliphatic heterocycles. The Morgan fingerprint density at radius 3 is 2.21 bits per heavy atom. The van der Waals surface area contributed by atoms with E-state index in [2.05, 4.69) is 4.74 Å². The molecule has 0 fully saturated rings. The molecule has 7 nitrogen and oxygen atoms in total. The van der Waals surface area contributed by atoms with Gasteiger partial charge in [0, 0.05) is 12.1 Å². The number of rotatable bonds is 7. The Balaban J connectivity index is 0.00000352. The standard InChI is InChI=1S/C25H27F3N4O3S.C2H6/c1-5-32(23(33)35-24(2,3)4)20(13-16-9-11-17(15-29)12-10-16)22(31)36-21(30)18-7-6-8-19(14-18)34-25(26,27)28;1-2/h6-12,14,20,30-31H,5,13H2,1-4H3;1-2H3. The first-order valence-electron chi connectivity index (χ1n) is 11.9. The Morgan fingerprint density at radius 1 is 1.11 bits per heavy atom. The van der Waals surface area contributed by atoms with E-state index in [1.807, 2.05) is 19.9 Å². The maximum atomic E-state index is 12.9. The minimum Gasteiger partial charge on any atom is -0.444 e. The highest BCUT2D eigenvalue weighted by molar-refractivity contribution is 8.26. The van der Waals surface area contributed by atoms with Gasteiger partial charge in [-0.3, -0.25) is 15.7 Å². The summed E-state index contributed by atoms with van der Waals surface area (Å²) in [5.41, 5.74) is 0.564. The number of nitrogens with zero attached hydrogens (tertiary/aromatic N) is 2. The van der Waals surface area contributed by atoms with E-state index in [1.165, 1.54) is 17.0 Å². The molecule has 38 heavy (non-hydrogen) atoms. The molecule has 0 saturated heterocycles. The summed E-state index contributed by atoms with van der Waals surface area (Å²) in [6.07, 6.45) is -5.31. The first-order valence-corrected chi connectivity index (χ1v) is 12.7. The van der Waals surface area contributed by atoms with Crippen LogP contribution in [0.25, 0.3) is 0 Å². The fourth-order valence-electron chi connectivity index (χ4n) is 3.15. The Labute approximate surface area is 225 Å². The summed E-state index contributed by atoms with van der Waals surface area (Å²) in [5, 5.41) is 25.9. The van der Waals surface area contributed by atoms with E-state index in [1.54, 1.807) is 52.0 Å². The number of benzene rings is 2. The molecule has 2 N–H and O–H groups in total. The fraction of sp³-hybridized carbons (Fsp3) is 0.407. The summed E-state index contributed by atoms with van der Waals surface area (Å²) in [7, 11) is 0. The largest absolute Gasteiger partial charge is 0.573 e. The van der Waals surface area contributed by atoms with Gasteiger partial charge in [0.15, 0.2) is 0 Å². The van der Waals surface area contributed by atoms with Gasteiger partial charge in [-0.2, -0.15) is 5.26 Å². The Hall–Kier alpha value is -3.52. The number of alkyl halides is 3. The first-order chi connectivity index (χ1) is 17.7. The van der Waals surface area contributed by atoms with E-state index in [-0.39, 0.29) is 28.6 Å². The van der Waals surface area contributed by atoms with Crippen LogP contribution in [0.1, 0.15) is 58.2 Å². The number of likely N-dealkylation sites (N-methyl/N-ethyl adjacent to an activating group) is 1. The molecule has 0 bridgehead atoms. The van der Waals surface area contributed by atoms with Crippen molar-refractivity contribution < 1.29 is 27.4 Å². The molecule has 1 amide bonds. The zero-order chi connectivity index (χ0) is 29.1. The third-order valence-corrected chi connectivity index (χ3v) is 5.63. The lowest BCUT2D eigenvalue weighted by Gasteiger charge is -2.33. The first kappa shape index (κ1) is 32.5. The summed E-state index contributed by atoms with van der Waals surface area (Å²) < 4.78 is 47.2. The SMILES string of the molecule is CC.CCN(C(=O)OC(C)(C)C)C(Cc1ccc(C#N)cc1)C(=N)SC(=N)c1cccc(OC(F)(F)F)c1. The molecule has 2 aromatic rings. The van der Waals surface area contributed by atoms with Crippen molar-refractivity contribution in [2.75, 3.05) is 6.54 Å². The minimum atomic E-state index is -4.87. The number of nitriles is 1. The predicted molar refractivity (Wildman–Crippen MR) is 144 cm³/mol. The van der Waals surface area contributed by atoms with Gasteiger partial charge in [-0.1, -0.05) is 49.9 Å². The van der Waals surface area contributed by atoms with Crippen molar-refractivity contribution in [2.45, 2.75) is 66.0 Å². The van der Waals surface area contributed by atoms with E-state index >= 15 is 0 Å². The third kappa shape index (κ3) is 10.8. The number of thioether (sulfide) groups is 1. The molecule has 0 aromatic heterocycles. The second-order valence-corrected chi connectivity index (χ2v) is 9.72. The molecule has 0 aliphatic carbocycles. The fourth-order valence-corrected chi connectivity index (χ4v) is 3.96. The van der Waals surface area contributed by atoms with Gasteiger partial charge in [0.25, 0.3) is 0 Å². The number of hydrogen-bond acceptors (Lipinski definition) is 7. The zero-order valence-corrected chi connectivity index (χ0v) is 23.1. The van der Waals surface area contributed by atoms with Crippen molar-refractivity contribution in [1.82, 2.24) is 4.90 Å². The lowest BCUT2D eigenvalue weighted by atomic mass is 10.0. The van der Waals surface area contributed by atoms with Crippen LogP contribution in [0.4, 0.5) is 18.0 Å². The van der Waals surface area contributed by atoms with Crippen molar-refractivity contribution >= 4 is 27.9 Å². The highest BCUT2D eigenvalue weighted by atomic mass is 32.2. The second-order valence-electron chi connectivity index (χ2n) is 8.67. The van der Waals surface area contributed by atoms with Gasteiger partial charge in [-0.25, -0.2) is 4.79 Å². The molecular weight excluding hydrogens is 517 g/mol. The van der Waals surface area contributed by atoms with Crippen LogP contribution in [0, 0.1) is 22.1 Å². The van der Waals surface area contributed by atoms with Crippen molar-refractivity contribution in [2.24, 2.45) is 0 Å². The van der Waals surface area contributed by atoms with Crippen molar-refractivity contribution in [3.8, 4) is 11.8 Å². The predicted octanol–water partition coefficient (Wildman–Crippen LogP) is 7.39. The van der Waals surface area contributed by atoms with Gasteiger partial charge in [0.05, 0.1) is 22.7 Å². The highest BCUT2D eigenvalue weighted by Gasteiger charge is 2.32. The number of amides is 1. The molecule has 0 heterocycles. The molecule has 2 rings (SSSR count). The molecule has 2 aromatic carbocycles. The number of carbonyl (C=O) groups is 1. The van der Waals surface area contributed by atoms with Gasteiger partial charge in [-0.05, 0) is 63.9 Å². The average molecular weight is 551 g/mol. The third-order valence-electron chi connectivity index (χ3n) is 4.70. The van der Waals surface area contributed by atoms with Crippen molar-refractivity contribution in [3.63, 3.8) is 0 Å². The molecule has 1 atom stereocenters. The number of carbonyl (C=O) groups excluding carboxylic acids is 1. The quantitative estimate of drug-likeness (QED) is 0.276. The van der Waals surface area contributed by atoms with E-state index in [0.717, 1.165) is 29.5 Å². The number of halogens is 3. The lowest BCUT2D eigenvalue weighted by molar-refractivity contribution is -0.274. The van der Waals surface area contributed by atoms with Crippen LogP contribution in [0.3, 0.4) is 0 Å².